The molecule has 4 rings (SSSR count). The highest BCUT2D eigenvalue weighted by molar-refractivity contribution is 6.21. The normalized spacial score (nSPS) is 54.3. The van der Waals surface area contributed by atoms with Crippen molar-refractivity contribution in [2.75, 3.05) is 0 Å². The average Bonchev–Trinajstić information content (AvgIpc) is 2.77. The van der Waals surface area contributed by atoms with Gasteiger partial charge in [-0.2, -0.15) is 0 Å². The zero-order valence-corrected chi connectivity index (χ0v) is 15.0. The van der Waals surface area contributed by atoms with Crippen LogP contribution in [0, 0.1) is 34.5 Å². The Kier molecular flexibility index (Phi) is 3.36. The molecule has 0 saturated heterocycles. The number of rotatable bonds is 0. The smallest absolute Gasteiger partial charge is 0.139 e. The summed E-state index contributed by atoms with van der Waals surface area (Å²) in [5, 5.41) is 0.275. The molecule has 2 heteroatoms. The third-order valence-electron chi connectivity index (χ3n) is 8.07. The van der Waals surface area contributed by atoms with Gasteiger partial charge in [0.05, 0.1) is 0 Å². The highest BCUT2D eigenvalue weighted by Gasteiger charge is 2.60. The summed E-state index contributed by atoms with van der Waals surface area (Å²) in [4.78, 5) is 12.4. The van der Waals surface area contributed by atoms with Gasteiger partial charge in [-0.15, -0.1) is 11.6 Å². The van der Waals surface area contributed by atoms with Crippen LogP contribution < -0.4 is 0 Å². The Morgan fingerprint density at radius 2 is 2.00 bits per heavy atom. The predicted octanol–water partition coefficient (Wildman–Crippen LogP) is 5.37. The lowest BCUT2D eigenvalue weighted by Gasteiger charge is -2.58. The van der Waals surface area contributed by atoms with E-state index in [1.807, 2.05) is 0 Å². The second-order valence-electron chi connectivity index (χ2n) is 9.06. The summed E-state index contributed by atoms with van der Waals surface area (Å²) in [6.45, 7) is 7.04. The first-order valence-electron chi connectivity index (χ1n) is 9.24. The first-order valence-corrected chi connectivity index (χ1v) is 9.68. The molecule has 1 nitrogen and oxygen atoms in total. The summed E-state index contributed by atoms with van der Waals surface area (Å²) < 4.78 is 0. The largest absolute Gasteiger partial charge is 0.299 e. The van der Waals surface area contributed by atoms with E-state index in [1.165, 1.54) is 19.3 Å². The third kappa shape index (κ3) is 1.81. The van der Waals surface area contributed by atoms with Gasteiger partial charge in [0.25, 0.3) is 0 Å². The van der Waals surface area contributed by atoms with Crippen LogP contribution in [0.15, 0.2) is 11.6 Å². The van der Waals surface area contributed by atoms with Gasteiger partial charge < -0.3 is 0 Å². The molecule has 0 N–H and O–H groups in total. The van der Waals surface area contributed by atoms with E-state index >= 15 is 0 Å². The lowest BCUT2D eigenvalue weighted by Crippen LogP contribution is -2.53. The molecule has 3 fully saturated rings. The fraction of sp³-hybridized carbons (Fsp3) is 0.850. The van der Waals surface area contributed by atoms with Crippen molar-refractivity contribution in [2.45, 2.75) is 71.1 Å². The maximum atomic E-state index is 12.4. The topological polar surface area (TPSA) is 17.1 Å². The Hall–Kier alpha value is -0.300. The maximum absolute atomic E-state index is 12.4. The van der Waals surface area contributed by atoms with E-state index in [9.17, 15) is 4.79 Å². The molecule has 122 valence electrons. The molecule has 0 spiro atoms. The quantitative estimate of drug-likeness (QED) is 0.433. The van der Waals surface area contributed by atoms with Crippen molar-refractivity contribution in [3.63, 3.8) is 0 Å². The van der Waals surface area contributed by atoms with Crippen LogP contribution in [0.4, 0.5) is 0 Å². The highest BCUT2D eigenvalue weighted by Crippen LogP contribution is 2.65. The van der Waals surface area contributed by atoms with E-state index in [2.05, 4.69) is 26.8 Å². The summed E-state index contributed by atoms with van der Waals surface area (Å²) in [6, 6.07) is 0. The molecule has 22 heavy (non-hydrogen) atoms. The van der Waals surface area contributed by atoms with Crippen LogP contribution in [0.25, 0.3) is 0 Å². The van der Waals surface area contributed by atoms with Crippen molar-refractivity contribution in [3.8, 4) is 0 Å². The summed E-state index contributed by atoms with van der Waals surface area (Å²) >= 11 is 6.94. The van der Waals surface area contributed by atoms with Crippen LogP contribution in [0.3, 0.4) is 0 Å². The van der Waals surface area contributed by atoms with Crippen LogP contribution in [0.2, 0.25) is 0 Å². The van der Waals surface area contributed by atoms with E-state index in [4.69, 9.17) is 11.6 Å². The van der Waals surface area contributed by atoms with Gasteiger partial charge in [0, 0.05) is 22.6 Å². The minimum absolute atomic E-state index is 0.0212. The van der Waals surface area contributed by atoms with Crippen molar-refractivity contribution in [1.82, 2.24) is 0 Å². The number of Topliss-reactive ketones (excluding diaryl/α,β-unsaturated/α-hetero) is 1. The van der Waals surface area contributed by atoms with Crippen molar-refractivity contribution >= 4 is 17.4 Å². The molecule has 7 atom stereocenters. The fourth-order valence-corrected chi connectivity index (χ4v) is 7.27. The van der Waals surface area contributed by atoms with Crippen molar-refractivity contribution in [1.29, 1.82) is 0 Å². The van der Waals surface area contributed by atoms with E-state index in [0.717, 1.165) is 31.6 Å². The van der Waals surface area contributed by atoms with Gasteiger partial charge >= 0.3 is 0 Å². The molecule has 0 aromatic rings. The zero-order valence-electron chi connectivity index (χ0n) is 14.2. The SMILES string of the molecule is CC1CC2=CC[C@@H]3[C@@H](CC[C@]4(C)C(=O)CC[C@@H]34)[C@@]2(C)C(Cl)C1. The number of allylic oxidation sites excluding steroid dienone is 2. The number of halogens is 1. The third-order valence-corrected chi connectivity index (χ3v) is 8.70. The molecular formula is C20H29ClO. The minimum Gasteiger partial charge on any atom is -0.299 e. The Balaban J connectivity index is 1.72. The summed E-state index contributed by atoms with van der Waals surface area (Å²) in [7, 11) is 0. The summed E-state index contributed by atoms with van der Waals surface area (Å²) in [5.74, 6) is 3.26. The molecule has 0 aliphatic heterocycles. The Morgan fingerprint density at radius 3 is 2.77 bits per heavy atom. The van der Waals surface area contributed by atoms with Crippen molar-refractivity contribution < 1.29 is 4.79 Å². The number of alkyl halides is 1. The second-order valence-corrected chi connectivity index (χ2v) is 9.58. The molecule has 0 amide bonds. The van der Waals surface area contributed by atoms with Crippen LogP contribution in [0.5, 0.6) is 0 Å². The number of ketones is 1. The minimum atomic E-state index is -0.0212. The Morgan fingerprint density at radius 1 is 1.23 bits per heavy atom. The van der Waals surface area contributed by atoms with Crippen LogP contribution in [-0.2, 0) is 4.79 Å². The molecule has 4 aliphatic rings. The second kappa shape index (κ2) is 4.85. The zero-order chi connectivity index (χ0) is 15.7. The van der Waals surface area contributed by atoms with Gasteiger partial charge in [-0.1, -0.05) is 32.4 Å². The summed E-state index contributed by atoms with van der Waals surface area (Å²) in [5.41, 5.74) is 1.80. The molecule has 0 radical (unpaired) electrons. The first-order chi connectivity index (χ1) is 10.4. The molecule has 0 heterocycles. The standard InChI is InChI=1S/C20H29ClO/c1-12-10-13-4-5-14-15-6-7-18(22)19(15,2)9-8-16(14)20(13,3)17(21)11-12/h4,12,14-17H,5-11H2,1-3H3/t12?,14-,15-,16+,17?,19-,20-/m0/s1. The molecule has 3 saturated carbocycles. The van der Waals surface area contributed by atoms with Gasteiger partial charge in [-0.25, -0.2) is 0 Å². The lowest BCUT2D eigenvalue weighted by molar-refractivity contribution is -0.131. The van der Waals surface area contributed by atoms with Gasteiger partial charge in [0.15, 0.2) is 0 Å². The maximum Gasteiger partial charge on any atom is 0.139 e. The number of carbonyl (C=O) groups excluding carboxylic acids is 1. The Labute approximate surface area is 139 Å². The molecule has 0 bridgehead atoms. The monoisotopic (exact) mass is 320 g/mol. The number of hydrogen-bond acceptors (Lipinski definition) is 1. The van der Waals surface area contributed by atoms with Crippen molar-refractivity contribution in [3.05, 3.63) is 11.6 Å². The first kappa shape index (κ1) is 15.2. The van der Waals surface area contributed by atoms with Gasteiger partial charge in [0.2, 0.25) is 0 Å². The molecular weight excluding hydrogens is 292 g/mol. The lowest BCUT2D eigenvalue weighted by atomic mass is 9.47. The molecule has 0 aromatic heterocycles. The van der Waals surface area contributed by atoms with E-state index in [0.29, 0.717) is 23.5 Å². The van der Waals surface area contributed by atoms with E-state index in [-0.39, 0.29) is 16.2 Å². The predicted molar refractivity (Wildman–Crippen MR) is 90.9 cm³/mol. The average molecular weight is 321 g/mol. The Bertz CT molecular complexity index is 538. The number of hydrogen-bond donors (Lipinski definition) is 0. The number of fused-ring (bicyclic) bond motifs is 5. The van der Waals surface area contributed by atoms with Gasteiger partial charge in [-0.05, 0) is 62.2 Å². The van der Waals surface area contributed by atoms with Crippen LogP contribution in [-0.4, -0.2) is 11.2 Å². The van der Waals surface area contributed by atoms with E-state index in [1.54, 1.807) is 5.57 Å². The molecule has 0 aromatic carbocycles. The summed E-state index contributed by atoms with van der Waals surface area (Å²) in [6.07, 6.45) is 10.4. The van der Waals surface area contributed by atoms with Crippen LogP contribution in [0.1, 0.15) is 65.7 Å². The molecule has 2 unspecified atom stereocenters. The fourth-order valence-electron chi connectivity index (χ4n) is 6.66. The highest BCUT2D eigenvalue weighted by atomic mass is 35.5. The molecule has 4 aliphatic carbocycles. The number of carbonyl (C=O) groups is 1. The van der Waals surface area contributed by atoms with Crippen LogP contribution >= 0.6 is 11.6 Å². The van der Waals surface area contributed by atoms with E-state index < -0.39 is 0 Å². The van der Waals surface area contributed by atoms with Crippen molar-refractivity contribution in [2.24, 2.45) is 34.5 Å². The van der Waals surface area contributed by atoms with Gasteiger partial charge in [0.1, 0.15) is 5.78 Å². The van der Waals surface area contributed by atoms with Gasteiger partial charge in [-0.3, -0.25) is 4.79 Å².